The Hall–Kier alpha value is -0.140. The van der Waals surface area contributed by atoms with Crippen molar-refractivity contribution in [3.05, 3.63) is 0 Å². The van der Waals surface area contributed by atoms with Crippen LogP contribution >= 0.6 is 15.9 Å². The van der Waals surface area contributed by atoms with Crippen molar-refractivity contribution in [3.63, 3.8) is 0 Å². The van der Waals surface area contributed by atoms with Crippen molar-refractivity contribution in [1.82, 2.24) is 9.80 Å². The van der Waals surface area contributed by atoms with Crippen LogP contribution in [0, 0.1) is 5.92 Å². The molecule has 2 heterocycles. The van der Waals surface area contributed by atoms with Crippen molar-refractivity contribution in [2.45, 2.75) is 6.42 Å². The molecular weight excluding hydrogens is 320 g/mol. The smallest absolute Gasteiger partial charge is 0.226 e. The monoisotopic (exact) mass is 338 g/mol. The number of rotatable bonds is 3. The van der Waals surface area contributed by atoms with E-state index in [1.165, 1.54) is 0 Å². The number of carbonyl (C=O) groups excluding carboxylic acids is 1. The summed E-state index contributed by atoms with van der Waals surface area (Å²) in [4.78, 5) is 16.3. The fourth-order valence-electron chi connectivity index (χ4n) is 2.56. The van der Waals surface area contributed by atoms with Crippen molar-refractivity contribution in [2.75, 3.05) is 49.6 Å². The van der Waals surface area contributed by atoms with Gasteiger partial charge in [0.2, 0.25) is 5.91 Å². The molecule has 0 N–H and O–H groups in total. The van der Waals surface area contributed by atoms with Crippen LogP contribution in [-0.4, -0.2) is 73.7 Å². The Labute approximate surface area is 117 Å². The Balaban J connectivity index is 1.85. The van der Waals surface area contributed by atoms with Gasteiger partial charge < -0.3 is 4.90 Å². The van der Waals surface area contributed by atoms with Crippen LogP contribution in [0.3, 0.4) is 0 Å². The van der Waals surface area contributed by atoms with Crippen molar-refractivity contribution in [1.29, 1.82) is 0 Å². The number of hydrogen-bond donors (Lipinski definition) is 0. The standard InChI is InChI=1S/C11H19BrN2O3S/c12-2-3-13-4-6-14(7-5-13)11(15)10-1-8-18(16,17)9-10/h10H,1-9H2. The minimum absolute atomic E-state index is 0.0366. The first-order valence-corrected chi connectivity index (χ1v) is 9.23. The van der Waals surface area contributed by atoms with E-state index in [1.807, 2.05) is 4.90 Å². The summed E-state index contributed by atoms with van der Waals surface area (Å²) >= 11 is 3.41. The molecule has 0 radical (unpaired) electrons. The highest BCUT2D eigenvalue weighted by molar-refractivity contribution is 9.09. The first-order chi connectivity index (χ1) is 8.52. The molecule has 1 atom stereocenters. The molecule has 7 heteroatoms. The van der Waals surface area contributed by atoms with Gasteiger partial charge in [-0.2, -0.15) is 0 Å². The third kappa shape index (κ3) is 3.45. The van der Waals surface area contributed by atoms with Gasteiger partial charge in [-0.1, -0.05) is 15.9 Å². The van der Waals surface area contributed by atoms with Crippen LogP contribution in [0.1, 0.15) is 6.42 Å². The maximum atomic E-state index is 12.2. The molecule has 0 aromatic rings. The Kier molecular flexibility index (Phi) is 4.66. The van der Waals surface area contributed by atoms with E-state index in [0.717, 1.165) is 38.1 Å². The molecule has 1 amide bonds. The molecule has 0 aliphatic carbocycles. The second-order valence-electron chi connectivity index (χ2n) is 4.96. The fraction of sp³-hybridized carbons (Fsp3) is 0.909. The summed E-state index contributed by atoms with van der Waals surface area (Å²) in [6.07, 6.45) is 0.503. The normalized spacial score (nSPS) is 28.5. The molecular formula is C11H19BrN2O3S. The predicted octanol–water partition coefficient (Wildman–Crippen LogP) is -0.0398. The SMILES string of the molecule is O=C(C1CCS(=O)(=O)C1)N1CCN(CCBr)CC1. The first-order valence-electron chi connectivity index (χ1n) is 6.29. The Bertz CT molecular complexity index is 405. The van der Waals surface area contributed by atoms with E-state index in [9.17, 15) is 13.2 Å². The molecule has 104 valence electrons. The van der Waals surface area contributed by atoms with Gasteiger partial charge >= 0.3 is 0 Å². The summed E-state index contributed by atoms with van der Waals surface area (Å²) in [5.41, 5.74) is 0. The Morgan fingerprint density at radius 3 is 2.39 bits per heavy atom. The number of carbonyl (C=O) groups is 1. The van der Waals surface area contributed by atoms with Gasteiger partial charge in [0.25, 0.3) is 0 Å². The number of alkyl halides is 1. The predicted molar refractivity (Wildman–Crippen MR) is 73.6 cm³/mol. The van der Waals surface area contributed by atoms with Crippen LogP contribution in [-0.2, 0) is 14.6 Å². The van der Waals surface area contributed by atoms with Gasteiger partial charge in [0, 0.05) is 38.1 Å². The number of piperazine rings is 1. The average Bonchev–Trinajstić information content (AvgIpc) is 2.70. The zero-order valence-electron chi connectivity index (χ0n) is 10.3. The second kappa shape index (κ2) is 5.88. The lowest BCUT2D eigenvalue weighted by atomic mass is 10.1. The van der Waals surface area contributed by atoms with Crippen LogP contribution in [0.2, 0.25) is 0 Å². The van der Waals surface area contributed by atoms with Crippen LogP contribution in [0.5, 0.6) is 0 Å². The van der Waals surface area contributed by atoms with E-state index in [-0.39, 0.29) is 23.3 Å². The number of hydrogen-bond acceptors (Lipinski definition) is 4. The summed E-state index contributed by atoms with van der Waals surface area (Å²) in [7, 11) is -2.96. The molecule has 2 rings (SSSR count). The summed E-state index contributed by atoms with van der Waals surface area (Å²) in [6, 6.07) is 0. The van der Waals surface area contributed by atoms with E-state index in [0.29, 0.717) is 6.42 Å². The van der Waals surface area contributed by atoms with Gasteiger partial charge in [-0.05, 0) is 6.42 Å². The average molecular weight is 339 g/mol. The van der Waals surface area contributed by atoms with Crippen molar-refractivity contribution in [2.24, 2.45) is 5.92 Å². The van der Waals surface area contributed by atoms with Crippen molar-refractivity contribution < 1.29 is 13.2 Å². The second-order valence-corrected chi connectivity index (χ2v) is 7.98. The van der Waals surface area contributed by atoms with Crippen LogP contribution in [0.15, 0.2) is 0 Å². The van der Waals surface area contributed by atoms with E-state index < -0.39 is 9.84 Å². The molecule has 1 unspecified atom stereocenters. The number of halogens is 1. The molecule has 2 aliphatic heterocycles. The van der Waals surface area contributed by atoms with Crippen LogP contribution in [0.25, 0.3) is 0 Å². The van der Waals surface area contributed by atoms with Gasteiger partial charge in [0.1, 0.15) is 0 Å². The van der Waals surface area contributed by atoms with Crippen molar-refractivity contribution >= 4 is 31.7 Å². The third-order valence-electron chi connectivity index (χ3n) is 3.67. The highest BCUT2D eigenvalue weighted by Gasteiger charge is 2.36. The lowest BCUT2D eigenvalue weighted by Gasteiger charge is -2.35. The summed E-state index contributed by atoms with van der Waals surface area (Å²) in [6.45, 7) is 4.22. The van der Waals surface area contributed by atoms with Crippen molar-refractivity contribution in [3.8, 4) is 0 Å². The summed E-state index contributed by atoms with van der Waals surface area (Å²) in [5, 5.41) is 0.946. The van der Waals surface area contributed by atoms with Gasteiger partial charge in [0.15, 0.2) is 9.84 Å². The van der Waals surface area contributed by atoms with Gasteiger partial charge in [-0.25, -0.2) is 8.42 Å². The largest absolute Gasteiger partial charge is 0.340 e. The van der Waals surface area contributed by atoms with Gasteiger partial charge in [0.05, 0.1) is 17.4 Å². The molecule has 18 heavy (non-hydrogen) atoms. The minimum atomic E-state index is -2.96. The van der Waals surface area contributed by atoms with E-state index in [2.05, 4.69) is 20.8 Å². The fourth-order valence-corrected chi connectivity index (χ4v) is 4.79. The van der Waals surface area contributed by atoms with E-state index in [4.69, 9.17) is 0 Å². The highest BCUT2D eigenvalue weighted by atomic mass is 79.9. The highest BCUT2D eigenvalue weighted by Crippen LogP contribution is 2.21. The zero-order chi connectivity index (χ0) is 13.2. The Morgan fingerprint density at radius 1 is 1.22 bits per heavy atom. The molecule has 2 aliphatic rings. The summed E-state index contributed by atoms with van der Waals surface area (Å²) < 4.78 is 22.8. The van der Waals surface area contributed by atoms with Gasteiger partial charge in [-0.3, -0.25) is 9.69 Å². The molecule has 5 nitrogen and oxygen atoms in total. The quantitative estimate of drug-likeness (QED) is 0.677. The molecule has 0 saturated carbocycles. The number of sulfone groups is 1. The third-order valence-corrected chi connectivity index (χ3v) is 5.79. The molecule has 0 aromatic carbocycles. The molecule has 2 saturated heterocycles. The lowest BCUT2D eigenvalue weighted by Crippen LogP contribution is -2.50. The lowest BCUT2D eigenvalue weighted by molar-refractivity contribution is -0.136. The van der Waals surface area contributed by atoms with Crippen LogP contribution < -0.4 is 0 Å². The molecule has 0 spiro atoms. The molecule has 2 fully saturated rings. The number of nitrogens with zero attached hydrogens (tertiary/aromatic N) is 2. The van der Waals surface area contributed by atoms with E-state index in [1.54, 1.807) is 0 Å². The van der Waals surface area contributed by atoms with Crippen LogP contribution in [0.4, 0.5) is 0 Å². The first kappa shape index (κ1) is 14.3. The van der Waals surface area contributed by atoms with E-state index >= 15 is 0 Å². The zero-order valence-corrected chi connectivity index (χ0v) is 12.7. The molecule has 0 bridgehead atoms. The minimum Gasteiger partial charge on any atom is -0.340 e. The number of amides is 1. The van der Waals surface area contributed by atoms with Gasteiger partial charge in [-0.15, -0.1) is 0 Å². The maximum Gasteiger partial charge on any atom is 0.226 e. The Morgan fingerprint density at radius 2 is 1.89 bits per heavy atom. The maximum absolute atomic E-state index is 12.2. The summed E-state index contributed by atoms with van der Waals surface area (Å²) in [5.74, 6) is -0.0345. The molecule has 0 aromatic heterocycles. The topological polar surface area (TPSA) is 57.7 Å².